The van der Waals surface area contributed by atoms with Gasteiger partial charge in [-0.1, -0.05) is 59.7 Å². The molecule has 2 aliphatic heterocycles. The smallest absolute Gasteiger partial charge is 0.242 e. The topological polar surface area (TPSA) is 122 Å². The number of aromatic hydroxyl groups is 1. The number of rotatable bonds is 6. The quantitative estimate of drug-likeness (QED) is 0.137. The van der Waals surface area contributed by atoms with Gasteiger partial charge in [0.25, 0.3) is 0 Å². The molecule has 0 bridgehead atoms. The van der Waals surface area contributed by atoms with Crippen molar-refractivity contribution < 1.29 is 29.0 Å². The number of methoxy groups -OCH3 is 1. The number of fused-ring (bicyclic) bond motifs is 5. The minimum absolute atomic E-state index is 0.00443. The molecule has 4 heterocycles. The monoisotopic (exact) mass is 772 g/mol. The predicted molar refractivity (Wildman–Crippen MR) is 212 cm³/mol. The molecule has 4 amide bonds. The third-order valence-electron chi connectivity index (χ3n) is 12.3. The summed E-state index contributed by atoms with van der Waals surface area (Å²) in [6.07, 6.45) is 6.41. The second-order valence-corrected chi connectivity index (χ2v) is 16.5. The van der Waals surface area contributed by atoms with Crippen molar-refractivity contribution in [3.63, 3.8) is 0 Å². The molecule has 2 saturated heterocycles. The number of halogens is 1. The van der Waals surface area contributed by atoms with Crippen molar-refractivity contribution in [2.75, 3.05) is 16.9 Å². The van der Waals surface area contributed by atoms with E-state index in [0.717, 1.165) is 31.7 Å². The molecule has 9 rings (SSSR count). The number of allylic oxidation sites excluding steroid dienone is 3. The number of phenols is 1. The maximum absolute atomic E-state index is 15.0. The number of amides is 4. The maximum Gasteiger partial charge on any atom is 0.242 e. The number of aromatic nitrogens is 2. The molecule has 0 radical (unpaired) electrons. The Bertz CT molecular complexity index is 2540. The van der Waals surface area contributed by atoms with Gasteiger partial charge < -0.3 is 9.84 Å². The van der Waals surface area contributed by atoms with Crippen molar-refractivity contribution in [1.82, 2.24) is 9.78 Å². The number of hydrogen-bond donors (Lipinski definition) is 1. The minimum atomic E-state index is -1.22. The number of nitrogens with zero attached hydrogens (tertiary/aromatic N) is 4. The Morgan fingerprint density at radius 3 is 2.51 bits per heavy atom. The Hall–Kier alpha value is -5.52. The Labute approximate surface area is 326 Å². The molecule has 10 nitrogen and oxygen atoms in total. The molecule has 0 spiro atoms. The molecule has 2 aliphatic carbocycles. The zero-order valence-corrected chi connectivity index (χ0v) is 32.1. The van der Waals surface area contributed by atoms with Crippen molar-refractivity contribution in [3.05, 3.63) is 107 Å². The van der Waals surface area contributed by atoms with E-state index < -0.39 is 35.0 Å². The normalized spacial score (nSPS) is 26.2. The van der Waals surface area contributed by atoms with Crippen LogP contribution in [0.2, 0.25) is 5.02 Å². The molecule has 278 valence electrons. The molecule has 6 atom stereocenters. The number of phenolic OH excluding ortho intramolecular Hbond substituents is 1. The first kappa shape index (κ1) is 35.2. The van der Waals surface area contributed by atoms with E-state index in [4.69, 9.17) is 21.4 Å². The van der Waals surface area contributed by atoms with Gasteiger partial charge in [0.2, 0.25) is 23.6 Å². The Balaban J connectivity index is 1.14. The molecular weight excluding hydrogens is 736 g/mol. The third-order valence-corrected chi connectivity index (χ3v) is 13.8. The van der Waals surface area contributed by atoms with Gasteiger partial charge in [-0.25, -0.2) is 4.90 Å². The summed E-state index contributed by atoms with van der Waals surface area (Å²) < 4.78 is 7.98. The number of aryl methyl sites for hydroxylation is 2. The molecule has 0 unspecified atom stereocenters. The van der Waals surface area contributed by atoms with E-state index >= 15 is 4.79 Å². The van der Waals surface area contributed by atoms with Crippen molar-refractivity contribution in [2.24, 2.45) is 42.1 Å². The highest BCUT2D eigenvalue weighted by molar-refractivity contribution is 7.22. The summed E-state index contributed by atoms with van der Waals surface area (Å²) in [5.41, 5.74) is 2.55. The highest BCUT2D eigenvalue weighted by Gasteiger charge is 2.67. The van der Waals surface area contributed by atoms with Crippen molar-refractivity contribution in [1.29, 1.82) is 0 Å². The van der Waals surface area contributed by atoms with E-state index in [-0.39, 0.29) is 35.8 Å². The number of imide groups is 2. The van der Waals surface area contributed by atoms with E-state index in [0.29, 0.717) is 34.4 Å². The molecule has 3 fully saturated rings. The van der Waals surface area contributed by atoms with E-state index in [1.54, 1.807) is 65.5 Å². The molecule has 2 aromatic heterocycles. The van der Waals surface area contributed by atoms with Crippen LogP contribution in [0.1, 0.15) is 30.9 Å². The van der Waals surface area contributed by atoms with E-state index in [1.165, 1.54) is 23.0 Å². The van der Waals surface area contributed by atoms with Crippen LogP contribution in [0.4, 0.5) is 11.5 Å². The average molecular weight is 773 g/mol. The molecule has 1 N–H and O–H groups in total. The first-order valence-corrected chi connectivity index (χ1v) is 19.4. The van der Waals surface area contributed by atoms with Crippen LogP contribution in [0.5, 0.6) is 11.5 Å². The van der Waals surface area contributed by atoms with Crippen LogP contribution < -0.4 is 14.5 Å². The van der Waals surface area contributed by atoms with Crippen LogP contribution in [0.15, 0.2) is 90.5 Å². The number of carbonyl (C=O) groups excluding carboxylic acids is 4. The number of carbonyl (C=O) groups is 4. The minimum Gasteiger partial charge on any atom is -0.504 e. The fourth-order valence-corrected chi connectivity index (χ4v) is 10.8. The zero-order valence-electron chi connectivity index (χ0n) is 30.5. The molecule has 5 aromatic rings. The molecule has 1 saturated carbocycles. The lowest BCUT2D eigenvalue weighted by atomic mass is 9.52. The zero-order chi connectivity index (χ0) is 38.5. The lowest BCUT2D eigenvalue weighted by molar-refractivity contribution is -0.132. The maximum atomic E-state index is 15.0. The summed E-state index contributed by atoms with van der Waals surface area (Å²) in [7, 11) is 3.20. The third kappa shape index (κ3) is 5.16. The van der Waals surface area contributed by atoms with Gasteiger partial charge >= 0.3 is 0 Å². The van der Waals surface area contributed by atoms with Crippen LogP contribution >= 0.6 is 22.9 Å². The van der Waals surface area contributed by atoms with Crippen LogP contribution in [0.25, 0.3) is 26.7 Å². The summed E-state index contributed by atoms with van der Waals surface area (Å²) in [6.45, 7) is 3.86. The lowest BCUT2D eigenvalue weighted by Gasteiger charge is -2.47. The second kappa shape index (κ2) is 12.8. The highest BCUT2D eigenvalue weighted by atomic mass is 35.5. The number of anilines is 2. The molecular formula is C43H37ClN4O6S. The van der Waals surface area contributed by atoms with Gasteiger partial charge in [-0.3, -0.25) is 28.8 Å². The Kier molecular flexibility index (Phi) is 8.18. The standard InChI is InChI=1S/C43H37ClN4O6S/c1-22-28-19-24(44)12-17-35(28)55-38(22)32-21-36(46(3)45-32)48-40(51)31-20-29-26(13-14-27-37(29)41(52)47(39(27)50)25-8-6-5-7-9-25)30(43(31,2)42(48)53)15-10-23-11-16-33(49)34(18-23)54-4/h5-13,15-19,21,27,29-31,37,49H,14,20H2,1-4H3/t27-,29+,30-,31-,37-,43-/m0/s1. The van der Waals surface area contributed by atoms with E-state index in [9.17, 15) is 19.5 Å². The molecule has 3 aromatic carbocycles. The Morgan fingerprint density at radius 1 is 0.964 bits per heavy atom. The number of hydrogen-bond acceptors (Lipinski definition) is 8. The van der Waals surface area contributed by atoms with Crippen LogP contribution in [0, 0.1) is 41.9 Å². The van der Waals surface area contributed by atoms with Crippen molar-refractivity contribution in [3.8, 4) is 22.1 Å². The number of thiophene rings is 1. The van der Waals surface area contributed by atoms with E-state index in [2.05, 4.69) is 0 Å². The van der Waals surface area contributed by atoms with Crippen LogP contribution in [-0.2, 0) is 26.2 Å². The first-order valence-electron chi connectivity index (χ1n) is 18.2. The molecule has 12 heteroatoms. The van der Waals surface area contributed by atoms with Crippen molar-refractivity contribution in [2.45, 2.75) is 26.7 Å². The van der Waals surface area contributed by atoms with Crippen molar-refractivity contribution >= 4 is 74.2 Å². The van der Waals surface area contributed by atoms with E-state index in [1.807, 2.05) is 56.3 Å². The number of benzene rings is 3. The summed E-state index contributed by atoms with van der Waals surface area (Å²) in [4.78, 5) is 61.6. The highest BCUT2D eigenvalue weighted by Crippen LogP contribution is 2.61. The van der Waals surface area contributed by atoms with Gasteiger partial charge in [0.15, 0.2) is 11.5 Å². The van der Waals surface area contributed by atoms with Gasteiger partial charge in [0.1, 0.15) is 11.5 Å². The largest absolute Gasteiger partial charge is 0.504 e. The average Bonchev–Trinajstić information content (AvgIpc) is 3.85. The molecule has 55 heavy (non-hydrogen) atoms. The summed E-state index contributed by atoms with van der Waals surface area (Å²) in [5, 5.41) is 16.7. The fourth-order valence-electron chi connectivity index (χ4n) is 9.49. The first-order chi connectivity index (χ1) is 26.4. The summed E-state index contributed by atoms with van der Waals surface area (Å²) >= 11 is 7.89. The van der Waals surface area contributed by atoms with Gasteiger partial charge in [0.05, 0.1) is 40.8 Å². The SMILES string of the molecule is COc1cc(C=C[C@H]2C3=CC[C@@H]4C(=O)N(c5ccccc5)C(=O)[C@@H]4[C@@H]3C[C@H]3C(=O)N(c4cc(-c5sc6ccc(Cl)cc6c5C)nn4C)C(=O)[C@@]23C)ccc1O. The Morgan fingerprint density at radius 2 is 1.75 bits per heavy atom. The van der Waals surface area contributed by atoms with Crippen LogP contribution in [-0.4, -0.2) is 45.6 Å². The van der Waals surface area contributed by atoms with Gasteiger partial charge in [-0.05, 0) is 91.6 Å². The van der Waals surface area contributed by atoms with Gasteiger partial charge in [-0.15, -0.1) is 11.3 Å². The van der Waals surface area contributed by atoms with Gasteiger partial charge in [-0.2, -0.15) is 5.10 Å². The number of ether oxygens (including phenoxy) is 1. The predicted octanol–water partition coefficient (Wildman–Crippen LogP) is 7.96. The lowest BCUT2D eigenvalue weighted by Crippen LogP contribution is -2.49. The number of para-hydroxylation sites is 1. The van der Waals surface area contributed by atoms with Crippen LogP contribution in [0.3, 0.4) is 0 Å². The van der Waals surface area contributed by atoms with Gasteiger partial charge in [0, 0.05) is 28.8 Å². The molecule has 4 aliphatic rings. The summed E-state index contributed by atoms with van der Waals surface area (Å²) in [5.74, 6) is -3.65. The summed E-state index contributed by atoms with van der Waals surface area (Å²) in [6, 6.07) is 21.5. The second-order valence-electron chi connectivity index (χ2n) is 15.1. The fraction of sp³-hybridized carbons (Fsp3) is 0.279.